The standard InChI is InChI=1S/C15H13N3O2S/c1-9-4-3-5-11(8-9)14(19)17-12-6-7-21-13(12)15-16-10(2)18-20-15/h3-8H,1-2H3,(H,17,19). The second-order valence-electron chi connectivity index (χ2n) is 4.63. The van der Waals surface area contributed by atoms with E-state index in [1.807, 2.05) is 36.6 Å². The van der Waals surface area contributed by atoms with E-state index in [0.717, 1.165) is 10.4 Å². The molecule has 3 rings (SSSR count). The number of nitrogens with zero attached hydrogens (tertiary/aromatic N) is 2. The summed E-state index contributed by atoms with van der Waals surface area (Å²) in [6.45, 7) is 3.71. The minimum Gasteiger partial charge on any atom is -0.333 e. The number of rotatable bonds is 3. The molecule has 0 atom stereocenters. The summed E-state index contributed by atoms with van der Waals surface area (Å²) in [5, 5.41) is 8.53. The zero-order chi connectivity index (χ0) is 14.8. The van der Waals surface area contributed by atoms with Crippen molar-refractivity contribution in [2.75, 3.05) is 5.32 Å². The number of thiophene rings is 1. The summed E-state index contributed by atoms with van der Waals surface area (Å²) < 4.78 is 5.15. The van der Waals surface area contributed by atoms with Crippen LogP contribution in [0.4, 0.5) is 5.69 Å². The number of amides is 1. The fraction of sp³-hybridized carbons (Fsp3) is 0.133. The third-order valence-corrected chi connectivity index (χ3v) is 3.82. The van der Waals surface area contributed by atoms with Crippen molar-refractivity contribution in [3.05, 3.63) is 52.7 Å². The number of aromatic nitrogens is 2. The second kappa shape index (κ2) is 5.49. The molecule has 6 heteroatoms. The predicted octanol–water partition coefficient (Wildman–Crippen LogP) is 3.67. The average molecular weight is 299 g/mol. The lowest BCUT2D eigenvalue weighted by Crippen LogP contribution is -2.11. The molecule has 0 aliphatic heterocycles. The number of benzene rings is 1. The minimum absolute atomic E-state index is 0.158. The Kier molecular flexibility index (Phi) is 3.53. The van der Waals surface area contributed by atoms with Gasteiger partial charge in [-0.2, -0.15) is 4.98 Å². The molecular weight excluding hydrogens is 286 g/mol. The topological polar surface area (TPSA) is 68.0 Å². The van der Waals surface area contributed by atoms with Crippen LogP contribution in [0.2, 0.25) is 0 Å². The van der Waals surface area contributed by atoms with Crippen molar-refractivity contribution >= 4 is 22.9 Å². The summed E-state index contributed by atoms with van der Waals surface area (Å²) in [5.74, 6) is 0.825. The van der Waals surface area contributed by atoms with Gasteiger partial charge in [0.15, 0.2) is 5.82 Å². The van der Waals surface area contributed by atoms with Gasteiger partial charge in [-0.05, 0) is 37.4 Å². The molecule has 0 saturated heterocycles. The molecule has 1 N–H and O–H groups in total. The van der Waals surface area contributed by atoms with E-state index in [4.69, 9.17) is 4.52 Å². The van der Waals surface area contributed by atoms with Gasteiger partial charge in [-0.1, -0.05) is 22.9 Å². The zero-order valence-corrected chi connectivity index (χ0v) is 12.4. The Balaban J connectivity index is 1.86. The van der Waals surface area contributed by atoms with Crippen molar-refractivity contribution in [2.24, 2.45) is 0 Å². The molecule has 0 aliphatic carbocycles. The molecule has 5 nitrogen and oxygen atoms in total. The van der Waals surface area contributed by atoms with Gasteiger partial charge >= 0.3 is 0 Å². The minimum atomic E-state index is -0.158. The summed E-state index contributed by atoms with van der Waals surface area (Å²) in [6, 6.07) is 9.27. The molecule has 0 bridgehead atoms. The average Bonchev–Trinajstić information content (AvgIpc) is 3.07. The monoisotopic (exact) mass is 299 g/mol. The van der Waals surface area contributed by atoms with Gasteiger partial charge in [0.2, 0.25) is 0 Å². The number of hydrogen-bond acceptors (Lipinski definition) is 5. The van der Waals surface area contributed by atoms with E-state index < -0.39 is 0 Å². The van der Waals surface area contributed by atoms with Gasteiger partial charge in [0.1, 0.15) is 4.88 Å². The van der Waals surface area contributed by atoms with Gasteiger partial charge in [0, 0.05) is 5.56 Å². The highest BCUT2D eigenvalue weighted by molar-refractivity contribution is 7.14. The summed E-state index contributed by atoms with van der Waals surface area (Å²) in [5.41, 5.74) is 2.34. The summed E-state index contributed by atoms with van der Waals surface area (Å²) in [4.78, 5) is 17.2. The number of nitrogens with one attached hydrogen (secondary N) is 1. The van der Waals surface area contributed by atoms with E-state index in [1.165, 1.54) is 11.3 Å². The van der Waals surface area contributed by atoms with Crippen LogP contribution in [0.3, 0.4) is 0 Å². The molecule has 0 unspecified atom stereocenters. The molecule has 0 fully saturated rings. The normalized spacial score (nSPS) is 10.6. The van der Waals surface area contributed by atoms with Crippen molar-refractivity contribution < 1.29 is 9.32 Å². The lowest BCUT2D eigenvalue weighted by Gasteiger charge is -2.05. The molecular formula is C15H13N3O2S. The number of carbonyl (C=O) groups excluding carboxylic acids is 1. The van der Waals surface area contributed by atoms with E-state index in [2.05, 4.69) is 15.5 Å². The number of carbonyl (C=O) groups is 1. The van der Waals surface area contributed by atoms with E-state index in [1.54, 1.807) is 13.0 Å². The van der Waals surface area contributed by atoms with Crippen LogP contribution in [0.15, 0.2) is 40.2 Å². The molecule has 0 aliphatic rings. The van der Waals surface area contributed by atoms with Crippen molar-refractivity contribution in [1.82, 2.24) is 10.1 Å². The molecule has 106 valence electrons. The van der Waals surface area contributed by atoms with E-state index in [0.29, 0.717) is 23.0 Å². The predicted molar refractivity (Wildman–Crippen MR) is 81.5 cm³/mol. The summed E-state index contributed by atoms with van der Waals surface area (Å²) in [6.07, 6.45) is 0. The van der Waals surface area contributed by atoms with Crippen LogP contribution in [0, 0.1) is 13.8 Å². The maximum absolute atomic E-state index is 12.3. The maximum atomic E-state index is 12.3. The third kappa shape index (κ3) is 2.85. The summed E-state index contributed by atoms with van der Waals surface area (Å²) in [7, 11) is 0. The summed E-state index contributed by atoms with van der Waals surface area (Å²) >= 11 is 1.45. The number of anilines is 1. The molecule has 0 radical (unpaired) electrons. The molecule has 3 aromatic rings. The Bertz CT molecular complexity index is 792. The van der Waals surface area contributed by atoms with Gasteiger partial charge in [-0.15, -0.1) is 11.3 Å². The van der Waals surface area contributed by atoms with Crippen molar-refractivity contribution in [2.45, 2.75) is 13.8 Å². The Morgan fingerprint density at radius 3 is 2.86 bits per heavy atom. The Labute approximate surface area is 125 Å². The van der Waals surface area contributed by atoms with E-state index in [9.17, 15) is 4.79 Å². The second-order valence-corrected chi connectivity index (χ2v) is 5.55. The first-order valence-electron chi connectivity index (χ1n) is 6.39. The van der Waals surface area contributed by atoms with Gasteiger partial charge < -0.3 is 9.84 Å². The Morgan fingerprint density at radius 2 is 2.14 bits per heavy atom. The molecule has 2 aromatic heterocycles. The fourth-order valence-corrected chi connectivity index (χ4v) is 2.71. The first kappa shape index (κ1) is 13.5. The van der Waals surface area contributed by atoms with Crippen LogP contribution < -0.4 is 5.32 Å². The maximum Gasteiger partial charge on any atom is 0.270 e. The van der Waals surface area contributed by atoms with Crippen LogP contribution in [0.25, 0.3) is 10.8 Å². The van der Waals surface area contributed by atoms with Gasteiger partial charge in [0.25, 0.3) is 11.8 Å². The lowest BCUT2D eigenvalue weighted by atomic mass is 10.1. The van der Waals surface area contributed by atoms with E-state index in [-0.39, 0.29) is 5.91 Å². The van der Waals surface area contributed by atoms with E-state index >= 15 is 0 Å². The molecule has 0 spiro atoms. The molecule has 21 heavy (non-hydrogen) atoms. The lowest BCUT2D eigenvalue weighted by molar-refractivity contribution is 0.102. The van der Waals surface area contributed by atoms with Gasteiger partial charge in [-0.25, -0.2) is 0 Å². The molecule has 1 amide bonds. The quantitative estimate of drug-likeness (QED) is 0.801. The van der Waals surface area contributed by atoms with Crippen LogP contribution in [-0.4, -0.2) is 16.0 Å². The van der Waals surface area contributed by atoms with Crippen molar-refractivity contribution in [3.63, 3.8) is 0 Å². The van der Waals surface area contributed by atoms with Crippen LogP contribution in [-0.2, 0) is 0 Å². The fourth-order valence-electron chi connectivity index (χ4n) is 1.94. The highest BCUT2D eigenvalue weighted by atomic mass is 32.1. The molecule has 0 saturated carbocycles. The first-order chi connectivity index (χ1) is 10.1. The Morgan fingerprint density at radius 1 is 1.29 bits per heavy atom. The number of hydrogen-bond donors (Lipinski definition) is 1. The smallest absolute Gasteiger partial charge is 0.270 e. The number of aryl methyl sites for hydroxylation is 2. The van der Waals surface area contributed by atoms with Crippen molar-refractivity contribution in [1.29, 1.82) is 0 Å². The first-order valence-corrected chi connectivity index (χ1v) is 7.27. The molecule has 2 heterocycles. The van der Waals surface area contributed by atoms with Gasteiger partial charge in [-0.3, -0.25) is 4.79 Å². The largest absolute Gasteiger partial charge is 0.333 e. The SMILES string of the molecule is Cc1cccc(C(=O)Nc2ccsc2-c2nc(C)no2)c1. The zero-order valence-electron chi connectivity index (χ0n) is 11.6. The Hall–Kier alpha value is -2.47. The third-order valence-electron chi connectivity index (χ3n) is 2.92. The van der Waals surface area contributed by atoms with Crippen LogP contribution >= 0.6 is 11.3 Å². The highest BCUT2D eigenvalue weighted by Gasteiger charge is 2.16. The van der Waals surface area contributed by atoms with Crippen LogP contribution in [0.1, 0.15) is 21.7 Å². The van der Waals surface area contributed by atoms with Crippen molar-refractivity contribution in [3.8, 4) is 10.8 Å². The molecule has 1 aromatic carbocycles. The van der Waals surface area contributed by atoms with Gasteiger partial charge in [0.05, 0.1) is 5.69 Å². The highest BCUT2D eigenvalue weighted by Crippen LogP contribution is 2.32. The van der Waals surface area contributed by atoms with Crippen LogP contribution in [0.5, 0.6) is 0 Å².